The second kappa shape index (κ2) is 10.7. The van der Waals surface area contributed by atoms with Gasteiger partial charge in [0.05, 0.1) is 12.5 Å². The first kappa shape index (κ1) is 24.6. The van der Waals surface area contributed by atoms with Crippen molar-refractivity contribution in [3.05, 3.63) is 59.7 Å². The first-order chi connectivity index (χ1) is 15.7. The predicted octanol–water partition coefficient (Wildman–Crippen LogP) is 4.97. The van der Waals surface area contributed by atoms with E-state index in [2.05, 4.69) is 42.3 Å². The molecule has 0 saturated carbocycles. The van der Waals surface area contributed by atoms with E-state index in [4.69, 9.17) is 4.74 Å². The van der Waals surface area contributed by atoms with Crippen LogP contribution in [-0.4, -0.2) is 35.7 Å². The van der Waals surface area contributed by atoms with Crippen LogP contribution in [0.25, 0.3) is 0 Å². The number of nitrogens with one attached hydrogen (secondary N) is 1. The summed E-state index contributed by atoms with van der Waals surface area (Å²) >= 11 is 0. The molecule has 0 bridgehead atoms. The van der Waals surface area contributed by atoms with Crippen molar-refractivity contribution in [2.24, 2.45) is 5.92 Å². The molecule has 0 radical (unpaired) electrons. The van der Waals surface area contributed by atoms with E-state index in [0.717, 1.165) is 25.1 Å². The van der Waals surface area contributed by atoms with Crippen molar-refractivity contribution in [1.29, 1.82) is 0 Å². The molecule has 2 aromatic rings. The van der Waals surface area contributed by atoms with Crippen LogP contribution in [-0.2, 0) is 16.0 Å². The van der Waals surface area contributed by atoms with Gasteiger partial charge < -0.3 is 20.1 Å². The van der Waals surface area contributed by atoms with Crippen LogP contribution in [0.2, 0.25) is 0 Å². The maximum atomic E-state index is 13.0. The van der Waals surface area contributed by atoms with Gasteiger partial charge in [0, 0.05) is 18.8 Å². The van der Waals surface area contributed by atoms with Gasteiger partial charge in [-0.2, -0.15) is 0 Å². The molecular formula is C27H36N2O4. The zero-order valence-electron chi connectivity index (χ0n) is 20.1. The lowest BCUT2D eigenvalue weighted by molar-refractivity contribution is -0.152. The third-order valence-corrected chi connectivity index (χ3v) is 5.98. The lowest BCUT2D eigenvalue weighted by atomic mass is 9.95. The van der Waals surface area contributed by atoms with Gasteiger partial charge in [0.25, 0.3) is 0 Å². The van der Waals surface area contributed by atoms with E-state index < -0.39 is 11.6 Å². The summed E-state index contributed by atoms with van der Waals surface area (Å²) in [6.45, 7) is 9.49. The summed E-state index contributed by atoms with van der Waals surface area (Å²) < 4.78 is 5.55. The van der Waals surface area contributed by atoms with Gasteiger partial charge in [-0.25, -0.2) is 4.79 Å². The molecule has 3 rings (SSSR count). The van der Waals surface area contributed by atoms with Crippen molar-refractivity contribution < 1.29 is 19.4 Å². The number of carboxylic acids is 1. The Balaban J connectivity index is 1.70. The number of ether oxygens (including phenoxy) is 1. The molecule has 1 aliphatic heterocycles. The van der Waals surface area contributed by atoms with E-state index in [9.17, 15) is 14.7 Å². The Morgan fingerprint density at radius 3 is 2.30 bits per heavy atom. The number of benzene rings is 2. The fraction of sp³-hybridized carbons (Fsp3) is 0.481. The predicted molar refractivity (Wildman–Crippen MR) is 131 cm³/mol. The molecule has 1 unspecified atom stereocenters. The second-order valence-electron chi connectivity index (χ2n) is 9.74. The van der Waals surface area contributed by atoms with Crippen LogP contribution >= 0.6 is 0 Å². The minimum Gasteiger partial charge on any atom is -0.478 e. The van der Waals surface area contributed by atoms with Crippen LogP contribution in [0.5, 0.6) is 5.75 Å². The number of para-hydroxylation sites is 1. The third-order valence-electron chi connectivity index (χ3n) is 5.98. The van der Waals surface area contributed by atoms with Gasteiger partial charge in [0.1, 0.15) is 5.75 Å². The Labute approximate surface area is 196 Å². The van der Waals surface area contributed by atoms with Crippen molar-refractivity contribution in [2.45, 2.75) is 65.0 Å². The Morgan fingerprint density at radius 1 is 1.06 bits per heavy atom. The molecule has 1 atom stereocenters. The number of aliphatic carboxylic acids is 1. The lowest BCUT2D eigenvalue weighted by Gasteiger charge is -2.28. The maximum absolute atomic E-state index is 13.0. The van der Waals surface area contributed by atoms with Gasteiger partial charge in [0.2, 0.25) is 5.91 Å². The molecule has 6 nitrogen and oxygen atoms in total. The van der Waals surface area contributed by atoms with Crippen LogP contribution in [0.3, 0.4) is 0 Å². The average Bonchev–Trinajstić information content (AvgIpc) is 3.29. The molecule has 33 heavy (non-hydrogen) atoms. The Morgan fingerprint density at radius 2 is 1.70 bits per heavy atom. The zero-order valence-corrected chi connectivity index (χ0v) is 20.1. The van der Waals surface area contributed by atoms with Crippen molar-refractivity contribution in [2.75, 3.05) is 18.0 Å². The number of anilines is 1. The molecular weight excluding hydrogens is 416 g/mol. The minimum absolute atomic E-state index is 0.0311. The third kappa shape index (κ3) is 6.73. The number of hydrogen-bond acceptors (Lipinski definition) is 4. The number of nitrogens with zero attached hydrogens (tertiary/aromatic N) is 1. The molecule has 1 aliphatic rings. The maximum Gasteiger partial charge on any atom is 0.347 e. The summed E-state index contributed by atoms with van der Waals surface area (Å²) in [6.07, 6.45) is 3.54. The quantitative estimate of drug-likeness (QED) is 0.532. The van der Waals surface area contributed by atoms with E-state index in [-0.39, 0.29) is 18.4 Å². The number of amides is 1. The Bertz CT molecular complexity index is 947. The number of rotatable bonds is 10. The van der Waals surface area contributed by atoms with E-state index in [1.807, 2.05) is 18.2 Å². The fourth-order valence-corrected chi connectivity index (χ4v) is 4.21. The molecule has 2 N–H and O–H groups in total. The number of carboxylic acid groups (broad SMARTS) is 1. The van der Waals surface area contributed by atoms with E-state index in [1.54, 1.807) is 12.1 Å². The molecule has 2 aromatic carbocycles. The summed E-state index contributed by atoms with van der Waals surface area (Å²) in [6, 6.07) is 15.4. The van der Waals surface area contributed by atoms with Gasteiger partial charge in [-0.05, 0) is 68.4 Å². The first-order valence-corrected chi connectivity index (χ1v) is 11.8. The monoisotopic (exact) mass is 452 g/mol. The number of carbonyl (C=O) groups is 2. The van der Waals surface area contributed by atoms with Gasteiger partial charge in [-0.3, -0.25) is 4.79 Å². The van der Waals surface area contributed by atoms with Crippen LogP contribution in [0.1, 0.15) is 64.1 Å². The largest absolute Gasteiger partial charge is 0.478 e. The SMILES string of the molecule is CC(C)CC(NC(=O)Cc1ccc(OC(C)(C)C(=O)O)cc1)c1ccccc1N1CCCC1. The van der Waals surface area contributed by atoms with E-state index >= 15 is 0 Å². The Hall–Kier alpha value is -3.02. The van der Waals surface area contributed by atoms with E-state index in [0.29, 0.717) is 11.7 Å². The van der Waals surface area contributed by atoms with Gasteiger partial charge in [0.15, 0.2) is 5.60 Å². The van der Waals surface area contributed by atoms with Gasteiger partial charge in [-0.1, -0.05) is 44.2 Å². The molecule has 1 amide bonds. The summed E-state index contributed by atoms with van der Waals surface area (Å²) in [5.74, 6) is -0.160. The summed E-state index contributed by atoms with van der Waals surface area (Å²) in [7, 11) is 0. The van der Waals surface area contributed by atoms with Crippen LogP contribution in [0.4, 0.5) is 5.69 Å². The molecule has 0 spiro atoms. The van der Waals surface area contributed by atoms with Crippen molar-refractivity contribution in [3.8, 4) is 5.75 Å². The molecule has 1 heterocycles. The second-order valence-corrected chi connectivity index (χ2v) is 9.74. The highest BCUT2D eigenvalue weighted by molar-refractivity contribution is 5.79. The summed E-state index contributed by atoms with van der Waals surface area (Å²) in [5, 5.41) is 12.5. The number of hydrogen-bond donors (Lipinski definition) is 2. The van der Waals surface area contributed by atoms with E-state index in [1.165, 1.54) is 37.9 Å². The molecule has 1 fully saturated rings. The zero-order chi connectivity index (χ0) is 24.0. The highest BCUT2D eigenvalue weighted by atomic mass is 16.5. The van der Waals surface area contributed by atoms with Crippen LogP contribution in [0, 0.1) is 5.92 Å². The van der Waals surface area contributed by atoms with Crippen LogP contribution < -0.4 is 15.0 Å². The van der Waals surface area contributed by atoms with Crippen molar-refractivity contribution in [1.82, 2.24) is 5.32 Å². The fourth-order valence-electron chi connectivity index (χ4n) is 4.21. The summed E-state index contributed by atoms with van der Waals surface area (Å²) in [5.41, 5.74) is 1.94. The standard InChI is InChI=1S/C27H36N2O4/c1-19(2)17-23(22-9-5-6-10-24(22)29-15-7-8-16-29)28-25(30)18-20-11-13-21(14-12-20)33-27(3,4)26(31)32/h5-6,9-14,19,23H,7-8,15-18H2,1-4H3,(H,28,30)(H,31,32). The minimum atomic E-state index is -1.31. The molecule has 178 valence electrons. The highest BCUT2D eigenvalue weighted by Gasteiger charge is 2.29. The average molecular weight is 453 g/mol. The van der Waals surface area contributed by atoms with Crippen LogP contribution in [0.15, 0.2) is 48.5 Å². The molecule has 0 aromatic heterocycles. The number of carbonyl (C=O) groups excluding carboxylic acids is 1. The molecule has 1 saturated heterocycles. The Kier molecular flexibility index (Phi) is 8.01. The van der Waals surface area contributed by atoms with Gasteiger partial charge >= 0.3 is 5.97 Å². The van der Waals surface area contributed by atoms with Crippen molar-refractivity contribution >= 4 is 17.6 Å². The highest BCUT2D eigenvalue weighted by Crippen LogP contribution is 2.32. The molecule has 0 aliphatic carbocycles. The van der Waals surface area contributed by atoms with Gasteiger partial charge in [-0.15, -0.1) is 0 Å². The normalized spacial score (nSPS) is 14.9. The van der Waals surface area contributed by atoms with Crippen molar-refractivity contribution in [3.63, 3.8) is 0 Å². The first-order valence-electron chi connectivity index (χ1n) is 11.8. The topological polar surface area (TPSA) is 78.9 Å². The lowest BCUT2D eigenvalue weighted by Crippen LogP contribution is -2.37. The smallest absolute Gasteiger partial charge is 0.347 e. The molecule has 6 heteroatoms. The summed E-state index contributed by atoms with van der Waals surface area (Å²) in [4.78, 5) is 26.7.